The van der Waals surface area contributed by atoms with E-state index in [9.17, 15) is 19.5 Å². The van der Waals surface area contributed by atoms with Gasteiger partial charge in [0.2, 0.25) is 11.9 Å². The van der Waals surface area contributed by atoms with Gasteiger partial charge in [-0.2, -0.15) is 0 Å². The van der Waals surface area contributed by atoms with Crippen molar-refractivity contribution >= 4 is 30.1 Å². The van der Waals surface area contributed by atoms with Crippen molar-refractivity contribution in [2.75, 3.05) is 88.5 Å². The number of imide groups is 1. The highest BCUT2D eigenvalue weighted by Gasteiger charge is 2.32. The Morgan fingerprint density at radius 1 is 0.740 bits per heavy atom. The van der Waals surface area contributed by atoms with E-state index in [0.29, 0.717) is 42.8 Å². The highest BCUT2D eigenvalue weighted by atomic mass is 16.6. The number of aromatic nitrogens is 4. The molecule has 2 aromatic heterocycles. The Bertz CT molecular complexity index is 1400. The highest BCUT2D eigenvalue weighted by Crippen LogP contribution is 2.19. The number of hydrogen-bond donors (Lipinski definition) is 1. The molecule has 2 amide bonds. The van der Waals surface area contributed by atoms with Gasteiger partial charge < -0.3 is 29.1 Å². The monoisotopic (exact) mass is 699 g/mol. The van der Waals surface area contributed by atoms with Crippen LogP contribution >= 0.6 is 0 Å². The van der Waals surface area contributed by atoms with E-state index in [2.05, 4.69) is 39.5 Å². The predicted molar refractivity (Wildman–Crippen MR) is 187 cm³/mol. The maximum Gasteiger partial charge on any atom is 0.420 e. The van der Waals surface area contributed by atoms with Crippen molar-refractivity contribution in [1.82, 2.24) is 34.6 Å². The van der Waals surface area contributed by atoms with Crippen LogP contribution < -0.4 is 9.80 Å². The van der Waals surface area contributed by atoms with Gasteiger partial charge in [0.25, 0.3) is 0 Å². The van der Waals surface area contributed by atoms with Gasteiger partial charge in [0.05, 0.1) is 31.0 Å². The van der Waals surface area contributed by atoms with Crippen LogP contribution in [0.5, 0.6) is 0 Å². The van der Waals surface area contributed by atoms with Crippen LogP contribution in [0.2, 0.25) is 0 Å². The number of anilines is 2. The minimum absolute atomic E-state index is 0.0760. The average Bonchev–Trinajstić information content (AvgIpc) is 3.06. The van der Waals surface area contributed by atoms with Crippen LogP contribution in [0, 0.1) is 0 Å². The Morgan fingerprint density at radius 2 is 1.20 bits per heavy atom. The third-order valence-corrected chi connectivity index (χ3v) is 8.09. The Morgan fingerprint density at radius 3 is 1.64 bits per heavy atom. The molecule has 0 saturated carbocycles. The Hall–Kier alpha value is -4.15. The van der Waals surface area contributed by atoms with Crippen molar-refractivity contribution in [3.63, 3.8) is 0 Å². The second-order valence-electron chi connectivity index (χ2n) is 14.4. The lowest BCUT2D eigenvalue weighted by Crippen LogP contribution is -2.48. The van der Waals surface area contributed by atoms with E-state index in [-0.39, 0.29) is 12.1 Å². The van der Waals surface area contributed by atoms with E-state index in [0.717, 1.165) is 70.3 Å². The third kappa shape index (κ3) is 11.7. The Balaban J connectivity index is 1.14. The van der Waals surface area contributed by atoms with E-state index in [1.807, 2.05) is 6.92 Å². The minimum atomic E-state index is -0.997. The summed E-state index contributed by atoms with van der Waals surface area (Å²) in [6, 6.07) is 0. The summed E-state index contributed by atoms with van der Waals surface area (Å²) in [4.78, 5) is 64.8. The van der Waals surface area contributed by atoms with Crippen molar-refractivity contribution in [2.45, 2.75) is 72.6 Å². The maximum atomic E-state index is 12.8. The number of rotatable bonds is 12. The van der Waals surface area contributed by atoms with E-state index in [1.165, 1.54) is 6.20 Å². The highest BCUT2D eigenvalue weighted by molar-refractivity contribution is 5.89. The van der Waals surface area contributed by atoms with Gasteiger partial charge in [-0.3, -0.25) is 9.80 Å². The first-order valence-corrected chi connectivity index (χ1v) is 17.3. The summed E-state index contributed by atoms with van der Waals surface area (Å²) in [6.45, 7) is 21.8. The van der Waals surface area contributed by atoms with Crippen molar-refractivity contribution in [1.29, 1.82) is 0 Å². The molecule has 0 atom stereocenters. The standard InChI is InChI=1S/C34H53N9O7/c1-8-27-26(28(44)45)23-37-30(38-27)42-15-11-40(12-16-42)18-20-48-19-17-39-9-13-41(14-10-39)29-35-21-25(22-36-29)24-43(31(46)49-33(2,3)4)32(47)50-34(5,6)7/h21-23H,8-20,24H2,1-7H3,(H,44,45). The summed E-state index contributed by atoms with van der Waals surface area (Å²) in [5, 5.41) is 9.33. The average molecular weight is 700 g/mol. The van der Waals surface area contributed by atoms with Crippen LogP contribution in [0.25, 0.3) is 0 Å². The molecule has 2 fully saturated rings. The number of aryl methyl sites for hydroxylation is 1. The van der Waals surface area contributed by atoms with Gasteiger partial charge in [0.15, 0.2) is 0 Å². The molecule has 276 valence electrons. The quantitative estimate of drug-likeness (QED) is 0.321. The summed E-state index contributed by atoms with van der Waals surface area (Å²) in [6.07, 6.45) is 3.62. The summed E-state index contributed by atoms with van der Waals surface area (Å²) in [7, 11) is 0. The number of amides is 2. The van der Waals surface area contributed by atoms with Gasteiger partial charge in [-0.25, -0.2) is 39.2 Å². The first-order valence-electron chi connectivity index (χ1n) is 17.3. The topological polar surface area (TPSA) is 167 Å². The fourth-order valence-corrected chi connectivity index (χ4v) is 5.45. The molecule has 1 N–H and O–H groups in total. The molecule has 0 aromatic carbocycles. The molecule has 50 heavy (non-hydrogen) atoms. The lowest BCUT2D eigenvalue weighted by atomic mass is 10.2. The van der Waals surface area contributed by atoms with Gasteiger partial charge in [0, 0.05) is 89.6 Å². The molecule has 2 aliphatic rings. The SMILES string of the molecule is CCc1nc(N2CCN(CCOCCN3CCN(c4ncc(CN(C(=O)OC(C)(C)C)C(=O)OC(C)(C)C)cn4)CC3)CC2)ncc1C(=O)O. The van der Waals surface area contributed by atoms with Gasteiger partial charge in [-0.15, -0.1) is 0 Å². The molecule has 16 nitrogen and oxygen atoms in total. The zero-order valence-electron chi connectivity index (χ0n) is 30.6. The minimum Gasteiger partial charge on any atom is -0.478 e. The van der Waals surface area contributed by atoms with Crippen molar-refractivity contribution in [3.05, 3.63) is 35.4 Å². The Kier molecular flexibility index (Phi) is 13.3. The number of nitrogens with zero attached hydrogens (tertiary/aromatic N) is 9. The summed E-state index contributed by atoms with van der Waals surface area (Å²) < 4.78 is 16.9. The molecule has 0 aliphatic carbocycles. The molecule has 4 rings (SSSR count). The fourth-order valence-electron chi connectivity index (χ4n) is 5.45. The fraction of sp³-hybridized carbons (Fsp3) is 0.676. The lowest BCUT2D eigenvalue weighted by Gasteiger charge is -2.35. The van der Waals surface area contributed by atoms with Gasteiger partial charge in [-0.1, -0.05) is 6.92 Å². The number of hydrogen-bond acceptors (Lipinski definition) is 14. The van der Waals surface area contributed by atoms with E-state index >= 15 is 0 Å². The van der Waals surface area contributed by atoms with Crippen molar-refractivity contribution in [3.8, 4) is 0 Å². The molecule has 0 spiro atoms. The first kappa shape index (κ1) is 38.6. The van der Waals surface area contributed by atoms with Crippen molar-refractivity contribution < 1.29 is 33.7 Å². The smallest absolute Gasteiger partial charge is 0.420 e. The van der Waals surface area contributed by atoms with Crippen LogP contribution in [0.4, 0.5) is 21.5 Å². The lowest BCUT2D eigenvalue weighted by molar-refractivity contribution is -0.000315. The molecular formula is C34H53N9O7. The molecule has 4 heterocycles. The Labute approximate surface area is 294 Å². The normalized spacial score (nSPS) is 16.3. The maximum absolute atomic E-state index is 12.8. The number of aromatic carboxylic acids is 1. The zero-order valence-corrected chi connectivity index (χ0v) is 30.6. The number of ether oxygens (including phenoxy) is 3. The predicted octanol–water partition coefficient (Wildman–Crippen LogP) is 3.16. The van der Waals surface area contributed by atoms with Crippen LogP contribution in [-0.4, -0.2) is 148 Å². The van der Waals surface area contributed by atoms with Crippen LogP contribution in [-0.2, 0) is 27.2 Å². The van der Waals surface area contributed by atoms with Gasteiger partial charge in [0.1, 0.15) is 11.2 Å². The van der Waals surface area contributed by atoms with Gasteiger partial charge in [-0.05, 0) is 48.0 Å². The molecule has 2 aliphatic heterocycles. The van der Waals surface area contributed by atoms with E-state index in [4.69, 9.17) is 14.2 Å². The number of carboxylic acid groups (broad SMARTS) is 1. The van der Waals surface area contributed by atoms with Crippen LogP contribution in [0.1, 0.15) is 70.1 Å². The number of carboxylic acids is 1. The van der Waals surface area contributed by atoms with Crippen LogP contribution in [0.15, 0.2) is 18.6 Å². The zero-order chi connectivity index (χ0) is 36.5. The van der Waals surface area contributed by atoms with Crippen molar-refractivity contribution in [2.24, 2.45) is 0 Å². The third-order valence-electron chi connectivity index (χ3n) is 8.09. The molecule has 16 heteroatoms. The summed E-state index contributed by atoms with van der Waals surface area (Å²) in [5.41, 5.74) is -0.249. The molecular weight excluding hydrogens is 646 g/mol. The number of piperazine rings is 2. The van der Waals surface area contributed by atoms with Crippen LogP contribution in [0.3, 0.4) is 0 Å². The molecule has 0 bridgehead atoms. The summed E-state index contributed by atoms with van der Waals surface area (Å²) in [5.74, 6) is 0.192. The number of carbonyl (C=O) groups excluding carboxylic acids is 2. The molecule has 2 aromatic rings. The molecule has 0 radical (unpaired) electrons. The van der Waals surface area contributed by atoms with Gasteiger partial charge >= 0.3 is 18.2 Å². The molecule has 0 unspecified atom stereocenters. The van der Waals surface area contributed by atoms with E-state index < -0.39 is 29.4 Å². The summed E-state index contributed by atoms with van der Waals surface area (Å²) >= 11 is 0. The second-order valence-corrected chi connectivity index (χ2v) is 14.4. The first-order chi connectivity index (χ1) is 23.6. The number of carbonyl (C=O) groups is 3. The largest absolute Gasteiger partial charge is 0.478 e. The molecule has 2 saturated heterocycles. The van der Waals surface area contributed by atoms with E-state index in [1.54, 1.807) is 53.9 Å². The second kappa shape index (κ2) is 17.2.